The SMILES string of the molecule is Cc1nc(N[C@H](C)c2cccc(C(C)F)c2F)c2cc(S(=O)(=O)N3CCN(C)CC3)c(C)nc2n1. The van der Waals surface area contributed by atoms with E-state index < -0.39 is 28.1 Å². The van der Waals surface area contributed by atoms with E-state index in [1.54, 1.807) is 32.9 Å². The zero-order valence-electron chi connectivity index (χ0n) is 20.5. The van der Waals surface area contributed by atoms with Gasteiger partial charge in [-0.15, -0.1) is 0 Å². The lowest BCUT2D eigenvalue weighted by atomic mass is 10.0. The number of aromatic nitrogens is 3. The van der Waals surface area contributed by atoms with E-state index in [4.69, 9.17) is 0 Å². The Morgan fingerprint density at radius 3 is 2.34 bits per heavy atom. The molecule has 0 aliphatic carbocycles. The number of rotatable bonds is 6. The number of benzene rings is 1. The van der Waals surface area contributed by atoms with Crippen LogP contribution in [0.15, 0.2) is 29.2 Å². The van der Waals surface area contributed by atoms with Gasteiger partial charge in [-0.1, -0.05) is 18.2 Å². The van der Waals surface area contributed by atoms with E-state index in [1.807, 2.05) is 7.05 Å². The van der Waals surface area contributed by atoms with Gasteiger partial charge < -0.3 is 10.2 Å². The van der Waals surface area contributed by atoms with Gasteiger partial charge in [0, 0.05) is 37.3 Å². The quantitative estimate of drug-likeness (QED) is 0.544. The Kier molecular flexibility index (Phi) is 7.03. The molecule has 4 rings (SSSR count). The van der Waals surface area contributed by atoms with Crippen LogP contribution in [0.2, 0.25) is 0 Å². The summed E-state index contributed by atoms with van der Waals surface area (Å²) in [5.41, 5.74) is 0.956. The van der Waals surface area contributed by atoms with Crippen molar-refractivity contribution in [3.63, 3.8) is 0 Å². The number of alkyl halides is 1. The number of nitrogens with one attached hydrogen (secondary N) is 1. The summed E-state index contributed by atoms with van der Waals surface area (Å²) >= 11 is 0. The van der Waals surface area contributed by atoms with E-state index in [-0.39, 0.29) is 16.0 Å². The summed E-state index contributed by atoms with van der Waals surface area (Å²) in [6, 6.07) is 5.57. The average Bonchev–Trinajstić information content (AvgIpc) is 2.78. The van der Waals surface area contributed by atoms with Crippen molar-refractivity contribution in [3.8, 4) is 0 Å². The zero-order chi connectivity index (χ0) is 25.5. The Labute approximate surface area is 204 Å². The van der Waals surface area contributed by atoms with Gasteiger partial charge >= 0.3 is 0 Å². The topological polar surface area (TPSA) is 91.3 Å². The van der Waals surface area contributed by atoms with E-state index in [0.717, 1.165) is 0 Å². The Hall–Kier alpha value is -2.76. The van der Waals surface area contributed by atoms with Crippen LogP contribution in [-0.2, 0) is 10.0 Å². The molecule has 188 valence electrons. The molecule has 1 unspecified atom stereocenters. The minimum Gasteiger partial charge on any atom is -0.363 e. The highest BCUT2D eigenvalue weighted by Crippen LogP contribution is 2.31. The highest BCUT2D eigenvalue weighted by Gasteiger charge is 2.30. The minimum atomic E-state index is -3.78. The first-order valence-electron chi connectivity index (χ1n) is 11.5. The van der Waals surface area contributed by atoms with Crippen molar-refractivity contribution in [1.29, 1.82) is 0 Å². The van der Waals surface area contributed by atoms with Gasteiger partial charge in [-0.2, -0.15) is 4.31 Å². The molecule has 0 amide bonds. The number of halogens is 2. The fraction of sp³-hybridized carbons (Fsp3) is 0.458. The van der Waals surface area contributed by atoms with Gasteiger partial charge in [0.25, 0.3) is 0 Å². The molecule has 11 heteroatoms. The number of nitrogens with zero attached hydrogens (tertiary/aromatic N) is 5. The molecular weight excluding hydrogens is 474 g/mol. The van der Waals surface area contributed by atoms with Crippen molar-refractivity contribution in [2.24, 2.45) is 0 Å². The highest BCUT2D eigenvalue weighted by molar-refractivity contribution is 7.89. The second kappa shape index (κ2) is 9.71. The van der Waals surface area contributed by atoms with Gasteiger partial charge in [0.1, 0.15) is 28.5 Å². The molecule has 1 aromatic carbocycles. The first kappa shape index (κ1) is 25.3. The number of hydrogen-bond donors (Lipinski definition) is 1. The monoisotopic (exact) mass is 504 g/mol. The second-order valence-corrected chi connectivity index (χ2v) is 10.9. The fourth-order valence-corrected chi connectivity index (χ4v) is 5.87. The van der Waals surface area contributed by atoms with Crippen molar-refractivity contribution in [2.45, 2.75) is 44.8 Å². The Bertz CT molecular complexity index is 1360. The van der Waals surface area contributed by atoms with Crippen LogP contribution >= 0.6 is 0 Å². The molecule has 1 aliphatic heterocycles. The number of piperazine rings is 1. The molecule has 8 nitrogen and oxygen atoms in total. The number of hydrogen-bond acceptors (Lipinski definition) is 7. The summed E-state index contributed by atoms with van der Waals surface area (Å²) in [6.07, 6.45) is -1.45. The van der Waals surface area contributed by atoms with Crippen LogP contribution in [0.1, 0.15) is 48.7 Å². The summed E-state index contributed by atoms with van der Waals surface area (Å²) in [5, 5.41) is 3.58. The lowest BCUT2D eigenvalue weighted by Crippen LogP contribution is -2.47. The minimum absolute atomic E-state index is 0.0160. The molecule has 0 saturated carbocycles. The molecule has 35 heavy (non-hydrogen) atoms. The number of pyridine rings is 1. The third-order valence-electron chi connectivity index (χ3n) is 6.33. The summed E-state index contributed by atoms with van der Waals surface area (Å²) in [6.45, 7) is 8.45. The maximum atomic E-state index is 15.0. The van der Waals surface area contributed by atoms with Crippen molar-refractivity contribution in [1.82, 2.24) is 24.2 Å². The van der Waals surface area contributed by atoms with E-state index in [0.29, 0.717) is 54.5 Å². The van der Waals surface area contributed by atoms with Crippen LogP contribution in [0.5, 0.6) is 0 Å². The normalized spacial score (nSPS) is 17.5. The molecule has 1 aliphatic rings. The van der Waals surface area contributed by atoms with Crippen molar-refractivity contribution in [3.05, 3.63) is 52.7 Å². The van der Waals surface area contributed by atoms with Crippen molar-refractivity contribution < 1.29 is 17.2 Å². The molecule has 1 fully saturated rings. The summed E-state index contributed by atoms with van der Waals surface area (Å²) < 4.78 is 57.2. The van der Waals surface area contributed by atoms with Crippen LogP contribution in [0.25, 0.3) is 11.0 Å². The maximum Gasteiger partial charge on any atom is 0.244 e. The Morgan fingerprint density at radius 2 is 1.69 bits per heavy atom. The molecule has 0 radical (unpaired) electrons. The second-order valence-electron chi connectivity index (χ2n) is 9.00. The highest BCUT2D eigenvalue weighted by atomic mass is 32.2. The molecule has 3 heterocycles. The summed E-state index contributed by atoms with van der Waals surface area (Å²) in [4.78, 5) is 15.5. The van der Waals surface area contributed by atoms with Gasteiger partial charge in [-0.3, -0.25) is 0 Å². The summed E-state index contributed by atoms with van der Waals surface area (Å²) in [5.74, 6) is 0.144. The molecule has 2 atom stereocenters. The third-order valence-corrected chi connectivity index (χ3v) is 8.34. The zero-order valence-corrected chi connectivity index (χ0v) is 21.3. The molecule has 0 spiro atoms. The van der Waals surface area contributed by atoms with Crippen LogP contribution in [0, 0.1) is 19.7 Å². The first-order valence-corrected chi connectivity index (χ1v) is 13.0. The molecule has 3 aromatic rings. The standard InChI is InChI=1S/C24H30F2N6O2S/c1-14(25)18-7-6-8-19(22(18)26)15(2)27-23-20-13-21(16(3)28-24(20)30-17(4)29-23)35(33,34)32-11-9-31(5)10-12-32/h6-8,13-15H,9-12H2,1-5H3,(H,27,28,29,30)/t14?,15-/m1/s1. The van der Waals surface area contributed by atoms with Crippen molar-refractivity contribution in [2.75, 3.05) is 38.5 Å². The van der Waals surface area contributed by atoms with Gasteiger partial charge in [0.2, 0.25) is 10.0 Å². The fourth-order valence-electron chi connectivity index (χ4n) is 4.27. The number of anilines is 1. The lowest BCUT2D eigenvalue weighted by Gasteiger charge is -2.31. The molecule has 1 N–H and O–H groups in total. The van der Waals surface area contributed by atoms with Crippen molar-refractivity contribution >= 4 is 26.9 Å². The number of likely N-dealkylation sites (N-methyl/N-ethyl adjacent to an activating group) is 1. The number of aryl methyl sites for hydroxylation is 2. The van der Waals surface area contributed by atoms with Crippen LogP contribution in [0.3, 0.4) is 0 Å². The van der Waals surface area contributed by atoms with Gasteiger partial charge in [-0.25, -0.2) is 32.2 Å². The lowest BCUT2D eigenvalue weighted by molar-refractivity contribution is 0.222. The largest absolute Gasteiger partial charge is 0.363 e. The average molecular weight is 505 g/mol. The van der Waals surface area contributed by atoms with E-state index in [2.05, 4.69) is 25.2 Å². The van der Waals surface area contributed by atoms with Crippen LogP contribution in [0.4, 0.5) is 14.6 Å². The van der Waals surface area contributed by atoms with Gasteiger partial charge in [0.05, 0.1) is 17.1 Å². The van der Waals surface area contributed by atoms with Crippen LogP contribution in [-0.4, -0.2) is 65.8 Å². The number of fused-ring (bicyclic) bond motifs is 1. The predicted octanol–water partition coefficient (Wildman–Crippen LogP) is 3.92. The molecular formula is C24H30F2N6O2S. The number of sulfonamides is 1. The third kappa shape index (κ3) is 4.98. The Balaban J connectivity index is 1.76. The molecule has 2 aromatic heterocycles. The maximum absolute atomic E-state index is 15.0. The van der Waals surface area contributed by atoms with E-state index >= 15 is 0 Å². The van der Waals surface area contributed by atoms with Crippen LogP contribution < -0.4 is 5.32 Å². The summed E-state index contributed by atoms with van der Waals surface area (Å²) in [7, 11) is -1.82. The van der Waals surface area contributed by atoms with Gasteiger partial charge in [-0.05, 0) is 40.8 Å². The first-order chi connectivity index (χ1) is 16.5. The molecule has 1 saturated heterocycles. The molecule has 0 bridgehead atoms. The smallest absolute Gasteiger partial charge is 0.244 e. The predicted molar refractivity (Wildman–Crippen MR) is 131 cm³/mol. The van der Waals surface area contributed by atoms with Gasteiger partial charge in [0.15, 0.2) is 5.65 Å². The van der Waals surface area contributed by atoms with E-state index in [9.17, 15) is 17.2 Å². The Morgan fingerprint density at radius 1 is 1.03 bits per heavy atom. The van der Waals surface area contributed by atoms with E-state index in [1.165, 1.54) is 23.4 Å².